The van der Waals surface area contributed by atoms with E-state index >= 15 is 0 Å². The van der Waals surface area contributed by atoms with Crippen molar-refractivity contribution in [3.63, 3.8) is 0 Å². The summed E-state index contributed by atoms with van der Waals surface area (Å²) in [4.78, 5) is 24.3. The Balaban J connectivity index is 4.02. The van der Waals surface area contributed by atoms with E-state index in [1.54, 1.807) is 19.1 Å². The number of urea groups is 1. The summed E-state index contributed by atoms with van der Waals surface area (Å²) in [7, 11) is 0. The summed E-state index contributed by atoms with van der Waals surface area (Å²) in [5.41, 5.74) is 0. The number of hydrogen-bond acceptors (Lipinski definition) is 3. The lowest BCUT2D eigenvalue weighted by Gasteiger charge is -2.17. The predicted octanol–water partition coefficient (Wildman–Crippen LogP) is 0.506. The van der Waals surface area contributed by atoms with E-state index in [4.69, 9.17) is 0 Å². The smallest absolute Gasteiger partial charge is 0.321 e. The average molecular weight is 225 g/mol. The third-order valence-corrected chi connectivity index (χ3v) is 1.73. The van der Waals surface area contributed by atoms with Crippen LogP contribution in [-0.2, 0) is 4.79 Å². The van der Waals surface area contributed by atoms with Gasteiger partial charge in [0.25, 0.3) is 0 Å². The molecule has 0 heterocycles. The van der Waals surface area contributed by atoms with Crippen LogP contribution >= 0.6 is 0 Å². The van der Waals surface area contributed by atoms with Gasteiger partial charge in [-0.05, 0) is 6.92 Å². The second-order valence-electron chi connectivity index (χ2n) is 3.18. The van der Waals surface area contributed by atoms with E-state index in [9.17, 15) is 9.59 Å². The Morgan fingerprint density at radius 3 is 2.25 bits per heavy atom. The van der Waals surface area contributed by atoms with Crippen molar-refractivity contribution in [3.8, 4) is 0 Å². The molecule has 5 heteroatoms. The van der Waals surface area contributed by atoms with Gasteiger partial charge in [-0.2, -0.15) is 0 Å². The van der Waals surface area contributed by atoms with Crippen molar-refractivity contribution in [2.45, 2.75) is 6.92 Å². The summed E-state index contributed by atoms with van der Waals surface area (Å²) >= 11 is 0. The normalized spacial score (nSPS) is 9.62. The van der Waals surface area contributed by atoms with Crippen molar-refractivity contribution in [1.82, 2.24) is 15.5 Å². The third kappa shape index (κ3) is 6.78. The number of amides is 3. The van der Waals surface area contributed by atoms with Gasteiger partial charge in [0.1, 0.15) is 0 Å². The minimum absolute atomic E-state index is 0.148. The number of hydrogen-bond donors (Lipinski definition) is 2. The molecule has 3 amide bonds. The fraction of sp³-hybridized carbons (Fsp3) is 0.455. The summed E-state index contributed by atoms with van der Waals surface area (Å²) in [5.74, 6) is -0.338. The molecule has 0 saturated carbocycles. The first-order chi connectivity index (χ1) is 7.63. The zero-order chi connectivity index (χ0) is 12.4. The predicted molar refractivity (Wildman–Crippen MR) is 64.0 cm³/mol. The van der Waals surface area contributed by atoms with Crippen LogP contribution in [0.4, 0.5) is 4.79 Å². The fourth-order valence-corrected chi connectivity index (χ4v) is 1.14. The topological polar surface area (TPSA) is 61.4 Å². The average Bonchev–Trinajstić information content (AvgIpc) is 2.18. The summed E-state index contributed by atoms with van der Waals surface area (Å²) < 4.78 is 0. The summed E-state index contributed by atoms with van der Waals surface area (Å²) in [6.07, 6.45) is 3.39. The maximum absolute atomic E-state index is 11.4. The highest BCUT2D eigenvalue weighted by molar-refractivity contribution is 5.95. The highest BCUT2D eigenvalue weighted by Gasteiger charge is 2.10. The monoisotopic (exact) mass is 225 g/mol. The molecule has 0 saturated heterocycles. The van der Waals surface area contributed by atoms with E-state index in [0.717, 1.165) is 0 Å². The van der Waals surface area contributed by atoms with Crippen LogP contribution in [0, 0.1) is 0 Å². The standard InChI is InChI=1S/C11H19N3O2/c1-4-7-14(8-5-2)9-10(15)13-11(16)12-6-3/h4-5H,1-2,6-9H2,3H3,(H2,12,13,15,16). The molecular weight excluding hydrogens is 206 g/mol. The molecule has 0 aliphatic carbocycles. The zero-order valence-electron chi connectivity index (χ0n) is 9.66. The van der Waals surface area contributed by atoms with E-state index in [1.807, 2.05) is 4.90 Å². The van der Waals surface area contributed by atoms with Crippen LogP contribution in [0.2, 0.25) is 0 Å². The zero-order valence-corrected chi connectivity index (χ0v) is 9.66. The van der Waals surface area contributed by atoms with Crippen molar-refractivity contribution in [2.24, 2.45) is 0 Å². The van der Waals surface area contributed by atoms with Crippen LogP contribution < -0.4 is 10.6 Å². The Morgan fingerprint density at radius 1 is 1.25 bits per heavy atom. The minimum atomic E-state index is -0.468. The van der Waals surface area contributed by atoms with Gasteiger partial charge in [-0.25, -0.2) is 4.79 Å². The van der Waals surface area contributed by atoms with Crippen LogP contribution in [0.5, 0.6) is 0 Å². The molecule has 0 rings (SSSR count). The summed E-state index contributed by atoms with van der Waals surface area (Å²) in [5, 5.41) is 4.71. The van der Waals surface area contributed by atoms with E-state index in [0.29, 0.717) is 19.6 Å². The molecule has 0 unspecified atom stereocenters. The van der Waals surface area contributed by atoms with Crippen molar-refractivity contribution in [3.05, 3.63) is 25.3 Å². The number of rotatable bonds is 7. The maximum Gasteiger partial charge on any atom is 0.321 e. The molecule has 0 fully saturated rings. The van der Waals surface area contributed by atoms with Crippen LogP contribution in [-0.4, -0.2) is 43.0 Å². The Kier molecular flexibility index (Phi) is 7.79. The van der Waals surface area contributed by atoms with Gasteiger partial charge in [-0.15, -0.1) is 13.2 Å². The van der Waals surface area contributed by atoms with Gasteiger partial charge in [0, 0.05) is 19.6 Å². The molecule has 0 aromatic carbocycles. The summed E-state index contributed by atoms with van der Waals surface area (Å²) in [6, 6.07) is -0.468. The lowest BCUT2D eigenvalue weighted by molar-refractivity contribution is -0.120. The van der Waals surface area contributed by atoms with Crippen molar-refractivity contribution in [2.75, 3.05) is 26.2 Å². The maximum atomic E-state index is 11.4. The second kappa shape index (κ2) is 8.67. The van der Waals surface area contributed by atoms with Gasteiger partial charge >= 0.3 is 6.03 Å². The number of nitrogens with one attached hydrogen (secondary N) is 2. The lowest BCUT2D eigenvalue weighted by Crippen LogP contribution is -2.44. The number of carbonyl (C=O) groups is 2. The molecule has 16 heavy (non-hydrogen) atoms. The molecule has 90 valence electrons. The molecule has 5 nitrogen and oxygen atoms in total. The highest BCUT2D eigenvalue weighted by Crippen LogP contribution is 1.88. The van der Waals surface area contributed by atoms with Gasteiger partial charge in [-0.3, -0.25) is 15.0 Å². The first-order valence-electron chi connectivity index (χ1n) is 5.15. The first kappa shape index (κ1) is 14.4. The van der Waals surface area contributed by atoms with Gasteiger partial charge < -0.3 is 5.32 Å². The molecule has 0 spiro atoms. The van der Waals surface area contributed by atoms with Gasteiger partial charge in [-0.1, -0.05) is 12.2 Å². The largest absolute Gasteiger partial charge is 0.338 e. The molecule has 0 atom stereocenters. The molecule has 0 aromatic heterocycles. The Morgan fingerprint density at radius 2 is 1.81 bits per heavy atom. The van der Waals surface area contributed by atoms with Gasteiger partial charge in [0.05, 0.1) is 6.54 Å². The van der Waals surface area contributed by atoms with Gasteiger partial charge in [0.15, 0.2) is 0 Å². The molecule has 0 aliphatic heterocycles. The Bertz CT molecular complexity index is 254. The molecule has 0 aromatic rings. The number of imide groups is 1. The van der Waals surface area contributed by atoms with Crippen LogP contribution in [0.15, 0.2) is 25.3 Å². The SMILES string of the molecule is C=CCN(CC=C)CC(=O)NC(=O)NCC. The molecule has 0 radical (unpaired) electrons. The summed E-state index contributed by atoms with van der Waals surface area (Å²) in [6.45, 7) is 10.8. The number of carbonyl (C=O) groups excluding carboxylic acids is 2. The Labute approximate surface area is 96.2 Å². The molecular formula is C11H19N3O2. The van der Waals surface area contributed by atoms with E-state index < -0.39 is 6.03 Å². The molecule has 0 aliphatic rings. The quantitative estimate of drug-likeness (QED) is 0.620. The molecule has 2 N–H and O–H groups in total. The van der Waals surface area contributed by atoms with Crippen LogP contribution in [0.25, 0.3) is 0 Å². The molecule has 0 bridgehead atoms. The van der Waals surface area contributed by atoms with Crippen molar-refractivity contribution in [1.29, 1.82) is 0 Å². The minimum Gasteiger partial charge on any atom is -0.338 e. The lowest BCUT2D eigenvalue weighted by atomic mass is 10.4. The second-order valence-corrected chi connectivity index (χ2v) is 3.18. The van der Waals surface area contributed by atoms with Crippen molar-refractivity contribution < 1.29 is 9.59 Å². The van der Waals surface area contributed by atoms with Gasteiger partial charge in [0.2, 0.25) is 5.91 Å². The van der Waals surface area contributed by atoms with Crippen LogP contribution in [0.3, 0.4) is 0 Å². The van der Waals surface area contributed by atoms with E-state index in [2.05, 4.69) is 23.8 Å². The first-order valence-corrected chi connectivity index (χ1v) is 5.15. The number of nitrogens with zero attached hydrogens (tertiary/aromatic N) is 1. The Hall–Kier alpha value is -1.62. The van der Waals surface area contributed by atoms with Crippen molar-refractivity contribution >= 4 is 11.9 Å². The van der Waals surface area contributed by atoms with E-state index in [-0.39, 0.29) is 12.5 Å². The van der Waals surface area contributed by atoms with E-state index in [1.165, 1.54) is 0 Å². The van der Waals surface area contributed by atoms with Crippen LogP contribution in [0.1, 0.15) is 6.92 Å². The highest BCUT2D eigenvalue weighted by atomic mass is 16.2. The third-order valence-electron chi connectivity index (χ3n) is 1.73. The fourth-order valence-electron chi connectivity index (χ4n) is 1.14.